The van der Waals surface area contributed by atoms with Gasteiger partial charge in [0.2, 0.25) is 0 Å². The lowest BCUT2D eigenvalue weighted by molar-refractivity contribution is 0.599. The van der Waals surface area contributed by atoms with Gasteiger partial charge < -0.3 is 10.6 Å². The van der Waals surface area contributed by atoms with E-state index in [1.165, 1.54) is 0 Å². The lowest BCUT2D eigenvalue weighted by Gasteiger charge is -2.16. The summed E-state index contributed by atoms with van der Waals surface area (Å²) in [5, 5.41) is 7.42. The Hall–Kier alpha value is -0.250. The van der Waals surface area contributed by atoms with E-state index in [9.17, 15) is 8.42 Å². The van der Waals surface area contributed by atoms with Crippen LogP contribution in [0.5, 0.6) is 0 Å². The predicted molar refractivity (Wildman–Crippen MR) is 107 cm³/mol. The van der Waals surface area contributed by atoms with E-state index in [-0.39, 0.29) is 41.5 Å². The second kappa shape index (κ2) is 9.29. The van der Waals surface area contributed by atoms with Crippen molar-refractivity contribution in [2.45, 2.75) is 25.9 Å². The van der Waals surface area contributed by atoms with E-state index in [1.807, 2.05) is 13.0 Å². The molecule has 23 heavy (non-hydrogen) atoms. The first kappa shape index (κ1) is 20.8. The molecular weight excluding hydrogens is 472 g/mol. The highest BCUT2D eigenvalue weighted by Crippen LogP contribution is 2.21. The van der Waals surface area contributed by atoms with Gasteiger partial charge in [-0.3, -0.25) is 0 Å². The quantitative estimate of drug-likeness (QED) is 0.386. The van der Waals surface area contributed by atoms with Crippen LogP contribution in [0.1, 0.15) is 18.9 Å². The summed E-state index contributed by atoms with van der Waals surface area (Å²) in [6.45, 7) is 3.04. The van der Waals surface area contributed by atoms with E-state index >= 15 is 0 Å². The number of nitrogens with one attached hydrogen (secondary N) is 2. The standard InChI is InChI=1S/C14H19Cl2N3O2S.HI/c1-2-17-14(19-12-5-6-22(20,21)9-12)18-8-10-3-4-11(15)7-13(10)16;/h3-4,7,12H,2,5-6,8-9H2,1H3,(H2,17,18,19);1H. The molecule has 130 valence electrons. The average Bonchev–Trinajstić information content (AvgIpc) is 2.77. The number of sulfone groups is 1. The molecule has 1 unspecified atom stereocenters. The molecule has 0 radical (unpaired) electrons. The number of hydrogen-bond donors (Lipinski definition) is 2. The summed E-state index contributed by atoms with van der Waals surface area (Å²) in [5.41, 5.74) is 0.863. The van der Waals surface area contributed by atoms with Gasteiger partial charge in [0.15, 0.2) is 15.8 Å². The van der Waals surface area contributed by atoms with Crippen molar-refractivity contribution in [2.24, 2.45) is 4.99 Å². The van der Waals surface area contributed by atoms with Gasteiger partial charge in [0.05, 0.1) is 18.1 Å². The van der Waals surface area contributed by atoms with Crippen LogP contribution in [-0.4, -0.2) is 38.5 Å². The summed E-state index contributed by atoms with van der Waals surface area (Å²) in [7, 11) is -2.92. The average molecular weight is 492 g/mol. The lowest BCUT2D eigenvalue weighted by Crippen LogP contribution is -2.44. The molecule has 2 N–H and O–H groups in total. The number of hydrogen-bond acceptors (Lipinski definition) is 3. The molecule has 1 aliphatic rings. The van der Waals surface area contributed by atoms with Gasteiger partial charge in [-0.1, -0.05) is 29.3 Å². The summed E-state index contributed by atoms with van der Waals surface area (Å²) in [4.78, 5) is 4.46. The molecule has 0 aliphatic carbocycles. The Bertz CT molecular complexity index is 668. The van der Waals surface area contributed by atoms with Crippen LogP contribution in [0.4, 0.5) is 0 Å². The highest BCUT2D eigenvalue weighted by Gasteiger charge is 2.28. The minimum Gasteiger partial charge on any atom is -0.357 e. The van der Waals surface area contributed by atoms with E-state index < -0.39 is 9.84 Å². The maximum atomic E-state index is 11.5. The second-order valence-corrected chi connectivity index (χ2v) is 8.25. The Kier molecular flexibility index (Phi) is 8.40. The van der Waals surface area contributed by atoms with Crippen molar-refractivity contribution in [1.29, 1.82) is 0 Å². The first-order chi connectivity index (χ1) is 10.4. The summed E-state index contributed by atoms with van der Waals surface area (Å²) in [6, 6.07) is 5.18. The largest absolute Gasteiger partial charge is 0.357 e. The normalized spacial score (nSPS) is 20.0. The smallest absolute Gasteiger partial charge is 0.191 e. The highest BCUT2D eigenvalue weighted by molar-refractivity contribution is 14.0. The molecule has 1 fully saturated rings. The van der Waals surface area contributed by atoms with Crippen LogP contribution in [0.15, 0.2) is 23.2 Å². The van der Waals surface area contributed by atoms with Crippen molar-refractivity contribution in [3.05, 3.63) is 33.8 Å². The van der Waals surface area contributed by atoms with E-state index in [2.05, 4.69) is 15.6 Å². The fraction of sp³-hybridized carbons (Fsp3) is 0.500. The molecule has 1 saturated heterocycles. The molecule has 0 amide bonds. The monoisotopic (exact) mass is 491 g/mol. The molecule has 0 saturated carbocycles. The lowest BCUT2D eigenvalue weighted by atomic mass is 10.2. The minimum atomic E-state index is -2.92. The molecule has 1 aliphatic heterocycles. The Morgan fingerprint density at radius 2 is 2.13 bits per heavy atom. The number of benzene rings is 1. The topological polar surface area (TPSA) is 70.6 Å². The summed E-state index contributed by atoms with van der Waals surface area (Å²) >= 11 is 12.0. The van der Waals surface area contributed by atoms with Crippen molar-refractivity contribution in [1.82, 2.24) is 10.6 Å². The SMILES string of the molecule is CCNC(=NCc1ccc(Cl)cc1Cl)NC1CCS(=O)(=O)C1.I. The fourth-order valence-electron chi connectivity index (χ4n) is 2.24. The molecule has 2 rings (SSSR count). The van der Waals surface area contributed by atoms with E-state index in [0.29, 0.717) is 35.5 Å². The maximum Gasteiger partial charge on any atom is 0.191 e. The van der Waals surface area contributed by atoms with Crippen LogP contribution in [-0.2, 0) is 16.4 Å². The van der Waals surface area contributed by atoms with Gasteiger partial charge in [-0.2, -0.15) is 0 Å². The number of nitrogens with zero attached hydrogens (tertiary/aromatic N) is 1. The highest BCUT2D eigenvalue weighted by atomic mass is 127. The molecule has 1 aromatic rings. The number of aliphatic imine (C=N–C) groups is 1. The van der Waals surface area contributed by atoms with Gasteiger partial charge in [-0.15, -0.1) is 24.0 Å². The van der Waals surface area contributed by atoms with Crippen molar-refractivity contribution >= 4 is 63.0 Å². The van der Waals surface area contributed by atoms with Gasteiger partial charge in [0.25, 0.3) is 0 Å². The predicted octanol–water partition coefficient (Wildman–Crippen LogP) is 2.85. The van der Waals surface area contributed by atoms with Crippen LogP contribution < -0.4 is 10.6 Å². The fourth-order valence-corrected chi connectivity index (χ4v) is 4.38. The van der Waals surface area contributed by atoms with Crippen LogP contribution in [0.3, 0.4) is 0 Å². The summed E-state index contributed by atoms with van der Waals surface area (Å²) < 4.78 is 23.0. The van der Waals surface area contributed by atoms with E-state index in [0.717, 1.165) is 5.56 Å². The third-order valence-corrected chi connectivity index (χ3v) is 5.70. The van der Waals surface area contributed by atoms with Crippen LogP contribution in [0.2, 0.25) is 10.0 Å². The maximum absolute atomic E-state index is 11.5. The number of rotatable bonds is 4. The van der Waals surface area contributed by atoms with Crippen molar-refractivity contribution < 1.29 is 8.42 Å². The van der Waals surface area contributed by atoms with Crippen molar-refractivity contribution in [2.75, 3.05) is 18.1 Å². The Labute approximate surface area is 164 Å². The van der Waals surface area contributed by atoms with Crippen LogP contribution in [0.25, 0.3) is 0 Å². The van der Waals surface area contributed by atoms with Gasteiger partial charge in [0, 0.05) is 22.6 Å². The molecule has 9 heteroatoms. The Morgan fingerprint density at radius 1 is 1.39 bits per heavy atom. The van der Waals surface area contributed by atoms with Crippen molar-refractivity contribution in [3.63, 3.8) is 0 Å². The van der Waals surface area contributed by atoms with Crippen LogP contribution in [0, 0.1) is 0 Å². The first-order valence-electron chi connectivity index (χ1n) is 7.09. The number of guanidine groups is 1. The van der Waals surface area contributed by atoms with E-state index in [4.69, 9.17) is 23.2 Å². The van der Waals surface area contributed by atoms with Crippen LogP contribution >= 0.6 is 47.2 Å². The first-order valence-corrected chi connectivity index (χ1v) is 9.66. The molecular formula is C14H20Cl2IN3O2S. The van der Waals surface area contributed by atoms with Gasteiger partial charge in [-0.05, 0) is 31.0 Å². The molecule has 1 heterocycles. The van der Waals surface area contributed by atoms with Gasteiger partial charge >= 0.3 is 0 Å². The summed E-state index contributed by atoms with van der Waals surface area (Å²) in [5.74, 6) is 0.974. The molecule has 0 spiro atoms. The Morgan fingerprint density at radius 3 is 2.70 bits per heavy atom. The second-order valence-electron chi connectivity index (χ2n) is 5.18. The zero-order chi connectivity index (χ0) is 16.2. The van der Waals surface area contributed by atoms with Crippen molar-refractivity contribution in [3.8, 4) is 0 Å². The summed E-state index contributed by atoms with van der Waals surface area (Å²) in [6.07, 6.45) is 0.606. The molecule has 5 nitrogen and oxygen atoms in total. The molecule has 1 aromatic carbocycles. The molecule has 0 aromatic heterocycles. The zero-order valence-electron chi connectivity index (χ0n) is 12.7. The molecule has 0 bridgehead atoms. The third-order valence-electron chi connectivity index (χ3n) is 3.34. The van der Waals surface area contributed by atoms with Gasteiger partial charge in [0.1, 0.15) is 0 Å². The van der Waals surface area contributed by atoms with E-state index in [1.54, 1.807) is 12.1 Å². The molecule has 1 atom stereocenters. The third kappa shape index (κ3) is 6.64. The minimum absolute atomic E-state index is 0. The Balaban J connectivity index is 0.00000264. The van der Waals surface area contributed by atoms with Gasteiger partial charge in [-0.25, -0.2) is 13.4 Å². The zero-order valence-corrected chi connectivity index (χ0v) is 17.3. The number of halogens is 3.